The molecule has 5 nitrogen and oxygen atoms in total. The molecule has 0 bridgehead atoms. The van der Waals surface area contributed by atoms with Gasteiger partial charge in [0.2, 0.25) is 0 Å². The Kier molecular flexibility index (Phi) is 5.30. The zero-order valence-corrected chi connectivity index (χ0v) is 15.0. The van der Waals surface area contributed by atoms with Crippen LogP contribution >= 0.6 is 23.2 Å². The Morgan fingerprint density at radius 1 is 1.08 bits per heavy atom. The number of nitrogen functional groups attached to an aromatic ring is 1. The molecule has 0 unspecified atom stereocenters. The second-order valence-corrected chi connectivity index (χ2v) is 6.36. The lowest BCUT2D eigenvalue weighted by atomic mass is 10.1. The largest absolute Gasteiger partial charge is 0.485 e. The average molecular weight is 389 g/mol. The first-order chi connectivity index (χ1) is 12.4. The average Bonchev–Trinajstić information content (AvgIpc) is 2.62. The molecule has 0 fully saturated rings. The minimum atomic E-state index is -0.976. The number of benzene rings is 2. The number of carbonyl (C=O) groups is 1. The second-order valence-electron chi connectivity index (χ2n) is 5.51. The van der Waals surface area contributed by atoms with Crippen LogP contribution in [0.4, 0.5) is 5.82 Å². The van der Waals surface area contributed by atoms with Gasteiger partial charge in [0.25, 0.3) is 0 Å². The van der Waals surface area contributed by atoms with Crippen LogP contribution < -0.4 is 10.5 Å². The van der Waals surface area contributed by atoms with Crippen LogP contribution in [0.1, 0.15) is 15.9 Å². The van der Waals surface area contributed by atoms with Crippen molar-refractivity contribution in [3.05, 3.63) is 75.9 Å². The van der Waals surface area contributed by atoms with Gasteiger partial charge in [-0.2, -0.15) is 0 Å². The summed E-state index contributed by atoms with van der Waals surface area (Å²) in [6, 6.07) is 13.4. The van der Waals surface area contributed by atoms with E-state index in [1.807, 2.05) is 0 Å². The SMILES string of the molecule is Nc1ncc(-c2ccc(C(=O)O)cc2)cc1OCc1ccc(Cl)cc1Cl. The molecule has 0 radical (unpaired) electrons. The maximum Gasteiger partial charge on any atom is 0.335 e. The Bertz CT molecular complexity index is 959. The highest BCUT2D eigenvalue weighted by Crippen LogP contribution is 2.29. The monoisotopic (exact) mass is 388 g/mol. The van der Waals surface area contributed by atoms with Crippen molar-refractivity contribution < 1.29 is 14.6 Å². The van der Waals surface area contributed by atoms with Crippen LogP contribution in [0.15, 0.2) is 54.7 Å². The van der Waals surface area contributed by atoms with Crippen molar-refractivity contribution in [2.24, 2.45) is 0 Å². The fourth-order valence-electron chi connectivity index (χ4n) is 2.33. The van der Waals surface area contributed by atoms with Crippen LogP contribution in [0.3, 0.4) is 0 Å². The fourth-order valence-corrected chi connectivity index (χ4v) is 2.79. The van der Waals surface area contributed by atoms with E-state index in [0.717, 1.165) is 16.7 Å². The fraction of sp³-hybridized carbons (Fsp3) is 0.0526. The van der Waals surface area contributed by atoms with E-state index >= 15 is 0 Å². The summed E-state index contributed by atoms with van der Waals surface area (Å²) in [5.74, 6) is -0.312. The predicted molar refractivity (Wildman–Crippen MR) is 102 cm³/mol. The number of carboxylic acid groups (broad SMARTS) is 1. The van der Waals surface area contributed by atoms with Gasteiger partial charge in [0.1, 0.15) is 6.61 Å². The van der Waals surface area contributed by atoms with Crippen molar-refractivity contribution in [3.8, 4) is 16.9 Å². The lowest BCUT2D eigenvalue weighted by Gasteiger charge is -2.11. The topological polar surface area (TPSA) is 85.4 Å². The lowest BCUT2D eigenvalue weighted by Crippen LogP contribution is -2.01. The summed E-state index contributed by atoms with van der Waals surface area (Å²) < 4.78 is 5.76. The summed E-state index contributed by atoms with van der Waals surface area (Å²) >= 11 is 12.0. The van der Waals surface area contributed by atoms with Crippen molar-refractivity contribution in [2.75, 3.05) is 5.73 Å². The zero-order chi connectivity index (χ0) is 18.7. The number of ether oxygens (including phenoxy) is 1. The van der Waals surface area contributed by atoms with Crippen molar-refractivity contribution in [3.63, 3.8) is 0 Å². The van der Waals surface area contributed by atoms with E-state index in [0.29, 0.717) is 15.8 Å². The molecule has 0 aliphatic rings. The predicted octanol–water partition coefficient (Wildman–Crippen LogP) is 4.91. The Hall–Kier alpha value is -2.76. The first-order valence-corrected chi connectivity index (χ1v) is 8.35. The molecule has 3 aromatic rings. The van der Waals surface area contributed by atoms with Crippen molar-refractivity contribution >= 4 is 35.0 Å². The Labute approximate surface area is 160 Å². The number of rotatable bonds is 5. The minimum Gasteiger partial charge on any atom is -0.485 e. The zero-order valence-electron chi connectivity index (χ0n) is 13.4. The third-order valence-electron chi connectivity index (χ3n) is 3.75. The van der Waals surface area contributed by atoms with Gasteiger partial charge in [-0.1, -0.05) is 41.4 Å². The number of pyridine rings is 1. The van der Waals surface area contributed by atoms with Crippen LogP contribution in [-0.2, 0) is 6.61 Å². The van der Waals surface area contributed by atoms with Crippen molar-refractivity contribution in [1.29, 1.82) is 0 Å². The van der Waals surface area contributed by atoms with E-state index in [1.54, 1.807) is 42.6 Å². The van der Waals surface area contributed by atoms with Crippen LogP contribution in [-0.4, -0.2) is 16.1 Å². The van der Waals surface area contributed by atoms with E-state index in [-0.39, 0.29) is 18.0 Å². The number of hydrogen-bond donors (Lipinski definition) is 2. The van der Waals surface area contributed by atoms with Gasteiger partial charge in [0, 0.05) is 27.4 Å². The normalized spacial score (nSPS) is 10.5. The van der Waals surface area contributed by atoms with Crippen molar-refractivity contribution in [2.45, 2.75) is 6.61 Å². The van der Waals surface area contributed by atoms with Gasteiger partial charge in [-0.3, -0.25) is 0 Å². The van der Waals surface area contributed by atoms with Crippen molar-refractivity contribution in [1.82, 2.24) is 4.98 Å². The maximum absolute atomic E-state index is 10.9. The maximum atomic E-state index is 10.9. The smallest absolute Gasteiger partial charge is 0.335 e. The molecule has 3 rings (SSSR count). The summed E-state index contributed by atoms with van der Waals surface area (Å²) in [5.41, 5.74) is 8.43. The molecule has 132 valence electrons. The molecular weight excluding hydrogens is 375 g/mol. The standard InChI is InChI=1S/C19H14Cl2N2O3/c20-15-6-5-13(16(21)8-15)10-26-17-7-14(9-23-18(17)22)11-1-3-12(4-2-11)19(24)25/h1-9H,10H2,(H2,22,23)(H,24,25). The summed E-state index contributed by atoms with van der Waals surface area (Å²) in [7, 11) is 0. The first kappa shape index (κ1) is 18.0. The number of nitrogens with two attached hydrogens (primary N) is 1. The van der Waals surface area contributed by atoms with Crippen LogP contribution in [0.5, 0.6) is 5.75 Å². The molecule has 0 saturated carbocycles. The molecule has 7 heteroatoms. The van der Waals surface area contributed by atoms with Crippen LogP contribution in [0.2, 0.25) is 10.0 Å². The number of anilines is 1. The van der Waals surface area contributed by atoms with Gasteiger partial charge in [-0.25, -0.2) is 9.78 Å². The molecular formula is C19H14Cl2N2O3. The first-order valence-electron chi connectivity index (χ1n) is 7.60. The van der Waals surface area contributed by atoms with Crippen LogP contribution in [0.25, 0.3) is 11.1 Å². The minimum absolute atomic E-state index is 0.212. The Morgan fingerprint density at radius 3 is 2.46 bits per heavy atom. The molecule has 0 aliphatic heterocycles. The van der Waals surface area contributed by atoms with Gasteiger partial charge in [0.15, 0.2) is 11.6 Å². The number of carboxylic acids is 1. The van der Waals surface area contributed by atoms with Gasteiger partial charge in [-0.15, -0.1) is 0 Å². The summed E-state index contributed by atoms with van der Waals surface area (Å²) in [6.07, 6.45) is 1.60. The summed E-state index contributed by atoms with van der Waals surface area (Å²) in [6.45, 7) is 0.212. The number of nitrogens with zero attached hydrogens (tertiary/aromatic N) is 1. The van der Waals surface area contributed by atoms with Gasteiger partial charge in [-0.05, 0) is 35.9 Å². The molecule has 0 amide bonds. The number of hydrogen-bond acceptors (Lipinski definition) is 4. The highest BCUT2D eigenvalue weighted by molar-refractivity contribution is 6.35. The molecule has 1 heterocycles. The van der Waals surface area contributed by atoms with E-state index in [1.165, 1.54) is 12.1 Å². The van der Waals surface area contributed by atoms with E-state index in [4.69, 9.17) is 38.8 Å². The van der Waals surface area contributed by atoms with Gasteiger partial charge >= 0.3 is 5.97 Å². The molecule has 1 aromatic heterocycles. The highest BCUT2D eigenvalue weighted by atomic mass is 35.5. The molecule has 26 heavy (non-hydrogen) atoms. The molecule has 0 spiro atoms. The molecule has 0 atom stereocenters. The Morgan fingerprint density at radius 2 is 1.81 bits per heavy atom. The number of halogens is 2. The van der Waals surface area contributed by atoms with Gasteiger partial charge in [0.05, 0.1) is 5.56 Å². The molecule has 0 saturated heterocycles. The summed E-state index contributed by atoms with van der Waals surface area (Å²) in [5, 5.41) is 10.0. The summed E-state index contributed by atoms with van der Waals surface area (Å²) in [4.78, 5) is 15.1. The van der Waals surface area contributed by atoms with E-state index in [9.17, 15) is 4.79 Å². The van der Waals surface area contributed by atoms with Gasteiger partial charge < -0.3 is 15.6 Å². The van der Waals surface area contributed by atoms with E-state index in [2.05, 4.69) is 4.98 Å². The lowest BCUT2D eigenvalue weighted by molar-refractivity contribution is 0.0697. The highest BCUT2D eigenvalue weighted by Gasteiger charge is 2.09. The Balaban J connectivity index is 1.82. The molecule has 2 aromatic carbocycles. The molecule has 3 N–H and O–H groups in total. The number of aromatic nitrogens is 1. The third-order valence-corrected chi connectivity index (χ3v) is 4.33. The number of aromatic carboxylic acids is 1. The van der Waals surface area contributed by atoms with E-state index < -0.39 is 5.97 Å². The third kappa shape index (κ3) is 4.07. The quantitative estimate of drug-likeness (QED) is 0.647. The second kappa shape index (κ2) is 7.64. The molecule has 0 aliphatic carbocycles. The van der Waals surface area contributed by atoms with Crippen LogP contribution in [0, 0.1) is 0 Å².